The van der Waals surface area contributed by atoms with Crippen molar-refractivity contribution in [1.29, 1.82) is 0 Å². The largest absolute Gasteiger partial charge is 0.480 e. The minimum absolute atomic E-state index is 0.139. The Morgan fingerprint density at radius 2 is 2.17 bits per heavy atom. The summed E-state index contributed by atoms with van der Waals surface area (Å²) in [6.45, 7) is 9.53. The second-order valence-corrected chi connectivity index (χ2v) is 3.88. The van der Waals surface area contributed by atoms with E-state index in [1.54, 1.807) is 0 Å². The maximum absolute atomic E-state index is 11.2. The standard InChI is InChI=1S/C10H16O2/c1-7(2)9(11)5-6-10(4)8(3)12-10/h7H,3,5-6H2,1-2,4H3. The summed E-state index contributed by atoms with van der Waals surface area (Å²) in [4.78, 5) is 11.2. The van der Waals surface area contributed by atoms with E-state index < -0.39 is 0 Å². The first-order valence-electron chi connectivity index (χ1n) is 4.37. The van der Waals surface area contributed by atoms with Crippen LogP contribution in [0.4, 0.5) is 0 Å². The van der Waals surface area contributed by atoms with E-state index in [0.717, 1.165) is 12.2 Å². The smallest absolute Gasteiger partial charge is 0.162 e. The summed E-state index contributed by atoms with van der Waals surface area (Å²) in [6, 6.07) is 0. The van der Waals surface area contributed by atoms with Crippen molar-refractivity contribution in [3.05, 3.63) is 12.3 Å². The van der Waals surface area contributed by atoms with Crippen molar-refractivity contribution in [2.45, 2.75) is 39.2 Å². The highest BCUT2D eigenvalue weighted by atomic mass is 16.6. The molecule has 1 rings (SSSR count). The highest BCUT2D eigenvalue weighted by Crippen LogP contribution is 2.42. The average Bonchev–Trinajstić information content (AvgIpc) is 2.56. The van der Waals surface area contributed by atoms with E-state index in [0.29, 0.717) is 12.2 Å². The number of hydrogen-bond acceptors (Lipinski definition) is 2. The lowest BCUT2D eigenvalue weighted by atomic mass is 9.98. The Kier molecular flexibility index (Phi) is 2.27. The first kappa shape index (κ1) is 9.30. The zero-order valence-electron chi connectivity index (χ0n) is 8.02. The molecule has 12 heavy (non-hydrogen) atoms. The van der Waals surface area contributed by atoms with Crippen LogP contribution >= 0.6 is 0 Å². The van der Waals surface area contributed by atoms with Gasteiger partial charge < -0.3 is 4.74 Å². The molecule has 1 heterocycles. The topological polar surface area (TPSA) is 29.6 Å². The monoisotopic (exact) mass is 168 g/mol. The van der Waals surface area contributed by atoms with Crippen LogP contribution < -0.4 is 0 Å². The second-order valence-electron chi connectivity index (χ2n) is 3.88. The number of carbonyl (C=O) groups excluding carboxylic acids is 1. The Labute approximate surface area is 73.6 Å². The average molecular weight is 168 g/mol. The molecule has 0 N–H and O–H groups in total. The molecule has 1 saturated heterocycles. The van der Waals surface area contributed by atoms with E-state index in [2.05, 4.69) is 6.58 Å². The summed E-state index contributed by atoms with van der Waals surface area (Å²) in [5.74, 6) is 1.26. The first-order valence-corrected chi connectivity index (χ1v) is 4.37. The number of rotatable bonds is 4. The first-order chi connectivity index (χ1) is 5.46. The van der Waals surface area contributed by atoms with E-state index in [4.69, 9.17) is 4.74 Å². The van der Waals surface area contributed by atoms with Crippen LogP contribution in [0, 0.1) is 5.92 Å². The van der Waals surface area contributed by atoms with Crippen LogP contribution in [0.3, 0.4) is 0 Å². The number of ketones is 1. The van der Waals surface area contributed by atoms with Crippen LogP contribution in [-0.4, -0.2) is 11.4 Å². The van der Waals surface area contributed by atoms with Crippen LogP contribution in [0.2, 0.25) is 0 Å². The van der Waals surface area contributed by atoms with Gasteiger partial charge in [0.1, 0.15) is 11.5 Å². The highest BCUT2D eigenvalue weighted by Gasteiger charge is 2.45. The minimum atomic E-state index is -0.190. The van der Waals surface area contributed by atoms with Crippen LogP contribution in [0.5, 0.6) is 0 Å². The van der Waals surface area contributed by atoms with Crippen molar-refractivity contribution in [2.24, 2.45) is 5.92 Å². The van der Waals surface area contributed by atoms with Gasteiger partial charge in [-0.25, -0.2) is 0 Å². The third-order valence-corrected chi connectivity index (χ3v) is 2.39. The van der Waals surface area contributed by atoms with Crippen LogP contribution in [0.1, 0.15) is 33.6 Å². The predicted molar refractivity (Wildman–Crippen MR) is 47.7 cm³/mol. The lowest BCUT2D eigenvalue weighted by Gasteiger charge is -2.04. The van der Waals surface area contributed by atoms with E-state index in [9.17, 15) is 4.79 Å². The molecule has 2 heteroatoms. The number of carbonyl (C=O) groups is 1. The minimum Gasteiger partial charge on any atom is -0.480 e. The highest BCUT2D eigenvalue weighted by molar-refractivity contribution is 5.80. The molecule has 0 aromatic rings. The molecule has 0 saturated carbocycles. The number of epoxide rings is 1. The fraction of sp³-hybridized carbons (Fsp3) is 0.700. The molecule has 0 aliphatic carbocycles. The third-order valence-electron chi connectivity index (χ3n) is 2.39. The van der Waals surface area contributed by atoms with Gasteiger partial charge in [-0.15, -0.1) is 0 Å². The zero-order chi connectivity index (χ0) is 9.35. The molecule has 0 aromatic heterocycles. The Balaban J connectivity index is 2.27. The number of hydrogen-bond donors (Lipinski definition) is 0. The van der Waals surface area contributed by atoms with E-state index >= 15 is 0 Å². The zero-order valence-corrected chi connectivity index (χ0v) is 8.02. The molecule has 0 aromatic carbocycles. The fourth-order valence-corrected chi connectivity index (χ4v) is 1.09. The van der Waals surface area contributed by atoms with Gasteiger partial charge in [-0.3, -0.25) is 4.79 Å². The third kappa shape index (κ3) is 1.87. The summed E-state index contributed by atoms with van der Waals surface area (Å²) in [5.41, 5.74) is -0.190. The molecule has 0 spiro atoms. The molecule has 1 unspecified atom stereocenters. The van der Waals surface area contributed by atoms with Gasteiger partial charge in [-0.2, -0.15) is 0 Å². The van der Waals surface area contributed by atoms with Gasteiger partial charge in [0.25, 0.3) is 0 Å². The maximum atomic E-state index is 11.2. The van der Waals surface area contributed by atoms with Crippen molar-refractivity contribution in [2.75, 3.05) is 0 Å². The Morgan fingerprint density at radius 3 is 2.50 bits per heavy atom. The molecule has 1 atom stereocenters. The Bertz CT molecular complexity index is 218. The molecular formula is C10H16O2. The SMILES string of the molecule is C=C1OC1(C)CCC(=O)C(C)C. The summed E-state index contributed by atoms with van der Waals surface area (Å²) in [6.07, 6.45) is 1.38. The summed E-state index contributed by atoms with van der Waals surface area (Å²) in [5, 5.41) is 0. The molecule has 68 valence electrons. The maximum Gasteiger partial charge on any atom is 0.162 e. The molecule has 2 nitrogen and oxygen atoms in total. The lowest BCUT2D eigenvalue weighted by molar-refractivity contribution is -0.122. The van der Waals surface area contributed by atoms with Gasteiger partial charge in [0.05, 0.1) is 0 Å². The number of ether oxygens (including phenoxy) is 1. The van der Waals surface area contributed by atoms with Crippen LogP contribution in [-0.2, 0) is 9.53 Å². The van der Waals surface area contributed by atoms with E-state index in [-0.39, 0.29) is 11.5 Å². The Morgan fingerprint density at radius 1 is 1.67 bits per heavy atom. The Hall–Kier alpha value is -0.790. The summed E-state index contributed by atoms with van der Waals surface area (Å²) < 4.78 is 5.19. The molecule has 1 fully saturated rings. The van der Waals surface area contributed by atoms with Gasteiger partial charge >= 0.3 is 0 Å². The van der Waals surface area contributed by atoms with Crippen molar-refractivity contribution in [3.63, 3.8) is 0 Å². The van der Waals surface area contributed by atoms with Gasteiger partial charge in [-0.1, -0.05) is 20.4 Å². The van der Waals surface area contributed by atoms with Crippen LogP contribution in [0.15, 0.2) is 12.3 Å². The van der Waals surface area contributed by atoms with Crippen molar-refractivity contribution in [3.8, 4) is 0 Å². The molecule has 0 amide bonds. The van der Waals surface area contributed by atoms with Gasteiger partial charge in [0, 0.05) is 18.8 Å². The van der Waals surface area contributed by atoms with Crippen molar-refractivity contribution < 1.29 is 9.53 Å². The normalized spacial score (nSPS) is 27.2. The quantitative estimate of drug-likeness (QED) is 0.603. The van der Waals surface area contributed by atoms with E-state index in [1.807, 2.05) is 20.8 Å². The molecule has 0 radical (unpaired) electrons. The molecular weight excluding hydrogens is 152 g/mol. The molecule has 1 aliphatic heterocycles. The summed E-state index contributed by atoms with van der Waals surface area (Å²) >= 11 is 0. The second kappa shape index (κ2) is 2.92. The van der Waals surface area contributed by atoms with Gasteiger partial charge in [-0.05, 0) is 6.92 Å². The van der Waals surface area contributed by atoms with Gasteiger partial charge in [0.15, 0.2) is 5.60 Å². The van der Waals surface area contributed by atoms with E-state index in [1.165, 1.54) is 0 Å². The van der Waals surface area contributed by atoms with Crippen molar-refractivity contribution in [1.82, 2.24) is 0 Å². The lowest BCUT2D eigenvalue weighted by Crippen LogP contribution is -2.12. The molecule has 1 aliphatic rings. The molecule has 0 bridgehead atoms. The van der Waals surface area contributed by atoms with Crippen molar-refractivity contribution >= 4 is 5.78 Å². The van der Waals surface area contributed by atoms with Gasteiger partial charge in [0.2, 0.25) is 0 Å². The fourth-order valence-electron chi connectivity index (χ4n) is 1.09. The number of Topliss-reactive ketones (excluding diaryl/α,β-unsaturated/α-hetero) is 1. The summed E-state index contributed by atoms with van der Waals surface area (Å²) in [7, 11) is 0. The predicted octanol–water partition coefficient (Wildman–Crippen LogP) is 2.29. The van der Waals surface area contributed by atoms with Crippen LogP contribution in [0.25, 0.3) is 0 Å².